The van der Waals surface area contributed by atoms with E-state index in [1.807, 2.05) is 0 Å². The molecule has 0 rings (SSSR count). The maximum Gasteiger partial charge on any atom is -0.0357 e. The van der Waals surface area contributed by atoms with Crippen molar-refractivity contribution in [1.29, 1.82) is 0 Å². The molecule has 0 radical (unpaired) electrons. The van der Waals surface area contributed by atoms with Crippen molar-refractivity contribution in [3.63, 3.8) is 0 Å². The largest absolute Gasteiger partial charge is 0.0776 e. The minimum atomic E-state index is 0. The average Bonchev–Trinajstić information content (AvgIpc) is 1.84. The Morgan fingerprint density at radius 2 is 1.60 bits per heavy atom. The second-order valence-electron chi connectivity index (χ2n) is 3.62. The SMILES string of the molecule is C.CCCCC(C)(C)CC. The maximum absolute atomic E-state index is 2.35. The number of unbranched alkanes of at least 4 members (excludes halogenated alkanes) is 1. The zero-order valence-electron chi connectivity index (χ0n) is 7.33. The summed E-state index contributed by atoms with van der Waals surface area (Å²) < 4.78 is 0. The molecule has 0 aliphatic rings. The van der Waals surface area contributed by atoms with Crippen LogP contribution in [0.1, 0.15) is 60.8 Å². The lowest BCUT2D eigenvalue weighted by atomic mass is 9.85. The zero-order valence-corrected chi connectivity index (χ0v) is 7.33. The second kappa shape index (κ2) is 5.76. The van der Waals surface area contributed by atoms with Gasteiger partial charge in [0.15, 0.2) is 0 Å². The fourth-order valence-corrected chi connectivity index (χ4v) is 0.832. The molecule has 0 atom stereocenters. The van der Waals surface area contributed by atoms with Crippen LogP contribution in [-0.2, 0) is 0 Å². The van der Waals surface area contributed by atoms with Crippen molar-refractivity contribution in [1.82, 2.24) is 0 Å². The summed E-state index contributed by atoms with van der Waals surface area (Å²) in [6, 6.07) is 0. The lowest BCUT2D eigenvalue weighted by molar-refractivity contribution is 0.311. The van der Waals surface area contributed by atoms with Crippen LogP contribution in [0.3, 0.4) is 0 Å². The molecule has 0 bridgehead atoms. The van der Waals surface area contributed by atoms with Crippen LogP contribution in [0.2, 0.25) is 0 Å². The Morgan fingerprint density at radius 3 is 1.90 bits per heavy atom. The van der Waals surface area contributed by atoms with E-state index in [0.29, 0.717) is 5.41 Å². The molecule has 0 saturated heterocycles. The van der Waals surface area contributed by atoms with Crippen LogP contribution in [0.15, 0.2) is 0 Å². The normalized spacial score (nSPS) is 10.8. The molecule has 0 nitrogen and oxygen atoms in total. The lowest BCUT2D eigenvalue weighted by Crippen LogP contribution is -2.08. The van der Waals surface area contributed by atoms with E-state index in [1.54, 1.807) is 0 Å². The van der Waals surface area contributed by atoms with Gasteiger partial charge >= 0.3 is 0 Å². The predicted molar refractivity (Wildman–Crippen MR) is 50.3 cm³/mol. The molecular weight excluding hydrogens is 120 g/mol. The third-order valence-electron chi connectivity index (χ3n) is 2.16. The van der Waals surface area contributed by atoms with Crippen LogP contribution >= 0.6 is 0 Å². The van der Waals surface area contributed by atoms with Crippen molar-refractivity contribution in [2.75, 3.05) is 0 Å². The van der Waals surface area contributed by atoms with E-state index >= 15 is 0 Å². The molecule has 0 saturated carbocycles. The van der Waals surface area contributed by atoms with Gasteiger partial charge < -0.3 is 0 Å². The van der Waals surface area contributed by atoms with Crippen molar-refractivity contribution in [2.24, 2.45) is 5.41 Å². The molecule has 10 heavy (non-hydrogen) atoms. The number of hydrogen-bond acceptors (Lipinski definition) is 0. The second-order valence-corrected chi connectivity index (χ2v) is 3.62. The van der Waals surface area contributed by atoms with Gasteiger partial charge in [-0.3, -0.25) is 0 Å². The molecule has 0 amide bonds. The van der Waals surface area contributed by atoms with Gasteiger partial charge in [0.2, 0.25) is 0 Å². The molecule has 0 aromatic carbocycles. The Morgan fingerprint density at radius 1 is 1.10 bits per heavy atom. The van der Waals surface area contributed by atoms with Crippen LogP contribution in [0, 0.1) is 5.41 Å². The van der Waals surface area contributed by atoms with Gasteiger partial charge in [0.05, 0.1) is 0 Å². The molecule has 0 aromatic heterocycles. The molecular formula is C10H24. The van der Waals surface area contributed by atoms with E-state index in [2.05, 4.69) is 27.7 Å². The highest BCUT2D eigenvalue weighted by Gasteiger charge is 2.12. The predicted octanol–water partition coefficient (Wildman–Crippen LogP) is 4.25. The zero-order chi connectivity index (χ0) is 7.33. The highest BCUT2D eigenvalue weighted by atomic mass is 14.2. The van der Waals surface area contributed by atoms with E-state index in [9.17, 15) is 0 Å². The molecule has 0 unspecified atom stereocenters. The van der Waals surface area contributed by atoms with Gasteiger partial charge in [0.1, 0.15) is 0 Å². The van der Waals surface area contributed by atoms with E-state index in [1.165, 1.54) is 25.7 Å². The minimum absolute atomic E-state index is 0. The topological polar surface area (TPSA) is 0 Å². The molecule has 0 aliphatic carbocycles. The standard InChI is InChI=1S/C9H20.CH4/c1-5-7-8-9(3,4)6-2;/h5-8H2,1-4H3;1H4. The van der Waals surface area contributed by atoms with Gasteiger partial charge in [0, 0.05) is 0 Å². The quantitative estimate of drug-likeness (QED) is 0.553. The first-order valence-corrected chi connectivity index (χ1v) is 4.12. The molecule has 0 fully saturated rings. The molecule has 64 valence electrons. The van der Waals surface area contributed by atoms with Gasteiger partial charge in [-0.25, -0.2) is 0 Å². The van der Waals surface area contributed by atoms with Crippen LogP contribution in [0.5, 0.6) is 0 Å². The van der Waals surface area contributed by atoms with Crippen LogP contribution < -0.4 is 0 Å². The summed E-state index contributed by atoms with van der Waals surface area (Å²) >= 11 is 0. The van der Waals surface area contributed by atoms with Gasteiger partial charge in [-0.05, 0) is 11.8 Å². The fourth-order valence-electron chi connectivity index (χ4n) is 0.832. The third kappa shape index (κ3) is 6.12. The smallest absolute Gasteiger partial charge is 0.0357 e. The van der Waals surface area contributed by atoms with Crippen molar-refractivity contribution in [3.05, 3.63) is 0 Å². The first kappa shape index (κ1) is 12.7. The van der Waals surface area contributed by atoms with E-state index in [-0.39, 0.29) is 7.43 Å². The van der Waals surface area contributed by atoms with E-state index < -0.39 is 0 Å². The van der Waals surface area contributed by atoms with Gasteiger partial charge in [-0.15, -0.1) is 0 Å². The van der Waals surface area contributed by atoms with Crippen LogP contribution in [-0.4, -0.2) is 0 Å². The molecule has 0 spiro atoms. The number of hydrogen-bond donors (Lipinski definition) is 0. The third-order valence-corrected chi connectivity index (χ3v) is 2.16. The average molecular weight is 144 g/mol. The summed E-state index contributed by atoms with van der Waals surface area (Å²) in [5.41, 5.74) is 0.593. The van der Waals surface area contributed by atoms with E-state index in [4.69, 9.17) is 0 Å². The minimum Gasteiger partial charge on any atom is -0.0776 e. The molecule has 0 heterocycles. The fraction of sp³-hybridized carbons (Fsp3) is 1.00. The monoisotopic (exact) mass is 144 g/mol. The molecule has 0 aromatic rings. The van der Waals surface area contributed by atoms with E-state index in [0.717, 1.165) is 0 Å². The Balaban J connectivity index is 0. The summed E-state index contributed by atoms with van der Waals surface area (Å²) in [6.45, 7) is 9.23. The van der Waals surface area contributed by atoms with Crippen molar-refractivity contribution in [2.45, 2.75) is 60.8 Å². The van der Waals surface area contributed by atoms with Crippen LogP contribution in [0.4, 0.5) is 0 Å². The van der Waals surface area contributed by atoms with Crippen molar-refractivity contribution >= 4 is 0 Å². The lowest BCUT2D eigenvalue weighted by Gasteiger charge is -2.21. The first-order chi connectivity index (χ1) is 4.12. The van der Waals surface area contributed by atoms with Gasteiger partial charge in [-0.1, -0.05) is 54.4 Å². The highest BCUT2D eigenvalue weighted by molar-refractivity contribution is 4.64. The summed E-state index contributed by atoms with van der Waals surface area (Å²) in [4.78, 5) is 0. The summed E-state index contributed by atoms with van der Waals surface area (Å²) in [5.74, 6) is 0. The van der Waals surface area contributed by atoms with Gasteiger partial charge in [0.25, 0.3) is 0 Å². The number of rotatable bonds is 4. The van der Waals surface area contributed by atoms with Crippen LogP contribution in [0.25, 0.3) is 0 Å². The molecule has 0 aliphatic heterocycles. The Hall–Kier alpha value is 0. The van der Waals surface area contributed by atoms with Crippen molar-refractivity contribution < 1.29 is 0 Å². The van der Waals surface area contributed by atoms with Gasteiger partial charge in [-0.2, -0.15) is 0 Å². The molecule has 0 N–H and O–H groups in total. The summed E-state index contributed by atoms with van der Waals surface area (Å²) in [5, 5.41) is 0. The van der Waals surface area contributed by atoms with Crippen molar-refractivity contribution in [3.8, 4) is 0 Å². The maximum atomic E-state index is 2.35. The highest BCUT2D eigenvalue weighted by Crippen LogP contribution is 2.26. The Bertz CT molecular complexity index is 62.4. The Kier molecular flexibility index (Phi) is 7.29. The summed E-state index contributed by atoms with van der Waals surface area (Å²) in [7, 11) is 0. The Labute approximate surface area is 67.0 Å². The molecule has 0 heteroatoms. The summed E-state index contributed by atoms with van der Waals surface area (Å²) in [6.07, 6.45) is 5.43. The first-order valence-electron chi connectivity index (χ1n) is 4.12.